The highest BCUT2D eigenvalue weighted by Gasteiger charge is 2.46. The molecule has 3 rings (SSSR count). The first-order valence-electron chi connectivity index (χ1n) is 37.7. The summed E-state index contributed by atoms with van der Waals surface area (Å²) in [5.41, 5.74) is -1.51. The van der Waals surface area contributed by atoms with E-state index in [-0.39, 0.29) is 192 Å². The number of hydrogen-bond donors (Lipinski definition) is 20. The number of rotatable bonds is 63. The van der Waals surface area contributed by atoms with Gasteiger partial charge in [0.15, 0.2) is 18.9 Å². The smallest absolute Gasteiger partial charge is 0.394 e. The van der Waals surface area contributed by atoms with E-state index in [1.54, 1.807) is 0 Å². The molecular weight excluding hydrogens is 1470 g/mol. The first kappa shape index (κ1) is 98.4. The molecule has 3 aliphatic heterocycles. The molecule has 634 valence electrons. The number of ether oxygens (including phenoxy) is 9. The van der Waals surface area contributed by atoms with Crippen molar-refractivity contribution >= 4 is 55.0 Å². The molecule has 7 unspecified atom stereocenters. The summed E-state index contributed by atoms with van der Waals surface area (Å²) < 4.78 is 71.2. The van der Waals surface area contributed by atoms with Crippen molar-refractivity contribution in [2.75, 3.05) is 132 Å². The van der Waals surface area contributed by atoms with E-state index in [0.29, 0.717) is 96.4 Å². The highest BCUT2D eigenvalue weighted by molar-refractivity contribution is 7.47. The molecule has 20 N–H and O–H groups in total. The van der Waals surface area contributed by atoms with Crippen molar-refractivity contribution in [2.24, 2.45) is 0 Å². The fourth-order valence-corrected chi connectivity index (χ4v) is 11.6. The van der Waals surface area contributed by atoms with Gasteiger partial charge in [0.25, 0.3) is 0 Å². The Hall–Kier alpha value is -4.77. The molecule has 3 fully saturated rings. The third-order valence-electron chi connectivity index (χ3n) is 17.7. The van der Waals surface area contributed by atoms with E-state index in [9.17, 15) is 109 Å². The molecule has 16 atom stereocenters. The van der Waals surface area contributed by atoms with Gasteiger partial charge in [0, 0.05) is 124 Å². The Kier molecular flexibility index (Phi) is 51.7. The van der Waals surface area contributed by atoms with Gasteiger partial charge in [-0.2, -0.15) is 0 Å². The second-order valence-corrected chi connectivity index (χ2v) is 28.4. The molecular formula is C68H124N7O33P. The summed E-state index contributed by atoms with van der Waals surface area (Å²) in [5, 5.41) is 138. The third-order valence-corrected chi connectivity index (χ3v) is 18.7. The van der Waals surface area contributed by atoms with Gasteiger partial charge in [0.05, 0.1) is 66.1 Å². The van der Waals surface area contributed by atoms with Crippen molar-refractivity contribution in [1.82, 2.24) is 37.2 Å². The molecule has 40 nitrogen and oxygen atoms in total. The van der Waals surface area contributed by atoms with E-state index in [1.807, 2.05) is 0 Å². The summed E-state index contributed by atoms with van der Waals surface area (Å²) in [6.45, 7) is -1.62. The van der Waals surface area contributed by atoms with Crippen LogP contribution in [0.2, 0.25) is 0 Å². The van der Waals surface area contributed by atoms with Crippen LogP contribution in [-0.2, 0) is 94.6 Å². The Bertz CT molecular complexity index is 2400. The third kappa shape index (κ3) is 41.7. The summed E-state index contributed by atoms with van der Waals surface area (Å²) in [5.74, 6) is -2.59. The highest BCUT2D eigenvalue weighted by atomic mass is 31.2. The minimum Gasteiger partial charge on any atom is -0.394 e. The van der Waals surface area contributed by atoms with E-state index in [2.05, 4.69) is 41.7 Å². The van der Waals surface area contributed by atoms with Crippen LogP contribution in [0.1, 0.15) is 154 Å². The minimum atomic E-state index is -4.07. The van der Waals surface area contributed by atoms with Crippen LogP contribution in [0.5, 0.6) is 0 Å². The van der Waals surface area contributed by atoms with Gasteiger partial charge in [-0.25, -0.2) is 4.57 Å². The molecule has 0 radical (unpaired) electrons. The van der Waals surface area contributed by atoms with E-state index < -0.39 is 143 Å². The summed E-state index contributed by atoms with van der Waals surface area (Å²) in [7, 11) is -3.01. The quantitative estimate of drug-likeness (QED) is 0.0200. The maximum absolute atomic E-state index is 13.9. The fraction of sp³-hybridized carbons (Fsp3) is 0.882. The number of phosphoric acid groups is 1. The average Bonchev–Trinajstić information content (AvgIpc) is 0.831. The summed E-state index contributed by atoms with van der Waals surface area (Å²) in [6, 6.07) is 0. The Morgan fingerprint density at radius 2 is 0.633 bits per heavy atom. The van der Waals surface area contributed by atoms with Crippen LogP contribution >= 0.6 is 7.82 Å². The lowest BCUT2D eigenvalue weighted by molar-refractivity contribution is -0.301. The standard InChI is InChI=1S/C68H124N7O33P/c1-98-109(96,97)105-35-10-3-2-8-26-69-51(82)21-14-22-55(86)75-68(42-99-36-23-52(83)70-27-9-4-17-45(79)18-5-11-32-102-65-62(93)59(90)56(87)46(39-76)106-65,43-100-37-24-53(84)73-30-15-28-71-49(80)19-6-12-33-103-66-63(94)60(91)57(88)47(40-77)107-66)44-101-38-25-54(85)74-31-16-29-72-50(81)20-7-13-34-104-67-64(95)61(92)58(89)48(41-78)108-67/h46-48,56-67,76-78,87-95H,2-44H2,1H3,(H,69,82)(H,70,83)(H,71,80)(H,72,81)(H,73,84)(H,74,85)(H,75,86)(H,96,97)/t46?,47?,48?,56-,57-,58-,59+,60+,61+,62?,63?,64?,65-,66-,67-,68?/m1/s1. The molecule has 3 aliphatic rings. The Balaban J connectivity index is 1.55. The maximum atomic E-state index is 13.9. The zero-order chi connectivity index (χ0) is 80.4. The SMILES string of the molecule is COP(=O)(O)OCCCCCCNC(=O)CCCC(=O)NC(COCCC(=O)NCCCCC(=O)CCCCO[C@@H]1OC(CO)[C@@H](O)[C@H](O)C1O)(COCCC(=O)NCCCNC(=O)CCCCO[C@@H]1OC(CO)[C@@H](O)[C@H](O)C1O)COCCC(=O)NCCCNC(=O)CCCCO[C@@H]1OC(CO)[C@@H](O)[C@H](O)C1O. The first-order chi connectivity index (χ1) is 52.2. The number of carbonyl (C=O) groups is 8. The lowest BCUT2D eigenvalue weighted by Crippen LogP contribution is -2.59. The first-order valence-corrected chi connectivity index (χ1v) is 39.2. The maximum Gasteiger partial charge on any atom is 0.471 e. The molecule has 0 bridgehead atoms. The number of aliphatic hydroxyl groups is 12. The molecule has 0 saturated carbocycles. The van der Waals surface area contributed by atoms with Gasteiger partial charge >= 0.3 is 7.82 Å². The van der Waals surface area contributed by atoms with Crippen LogP contribution in [-0.4, -0.2) is 343 Å². The van der Waals surface area contributed by atoms with Gasteiger partial charge in [0.1, 0.15) is 84.6 Å². The lowest BCUT2D eigenvalue weighted by atomic mass is 9.99. The number of hydrogen-bond acceptors (Lipinski definition) is 32. The van der Waals surface area contributed by atoms with Gasteiger partial charge in [-0.3, -0.25) is 47.4 Å². The minimum absolute atomic E-state index is 0.0168. The second-order valence-electron chi connectivity index (χ2n) is 26.9. The topological polar surface area (TPSA) is 602 Å². The monoisotopic (exact) mass is 1600 g/mol. The Morgan fingerprint density at radius 3 is 0.991 bits per heavy atom. The molecule has 0 aromatic rings. The molecule has 3 heterocycles. The largest absolute Gasteiger partial charge is 0.471 e. The lowest BCUT2D eigenvalue weighted by Gasteiger charge is -2.39. The van der Waals surface area contributed by atoms with Crippen LogP contribution in [0.25, 0.3) is 0 Å². The van der Waals surface area contributed by atoms with Crippen molar-refractivity contribution in [3.63, 3.8) is 0 Å². The summed E-state index contributed by atoms with van der Waals surface area (Å²) in [6.07, 6.45) is -14.3. The summed E-state index contributed by atoms with van der Waals surface area (Å²) >= 11 is 0. The predicted octanol–water partition coefficient (Wildman–Crippen LogP) is -5.27. The number of Topliss-reactive ketones (excluding diaryl/α,β-unsaturated/α-hetero) is 1. The van der Waals surface area contributed by atoms with Crippen molar-refractivity contribution in [3.05, 3.63) is 0 Å². The molecule has 0 spiro atoms. The highest BCUT2D eigenvalue weighted by Crippen LogP contribution is 2.42. The number of phosphoric ester groups is 1. The average molecular weight is 1600 g/mol. The Labute approximate surface area is 634 Å². The predicted molar refractivity (Wildman–Crippen MR) is 379 cm³/mol. The molecule has 3 saturated heterocycles. The molecule has 0 aromatic heterocycles. The molecule has 0 aromatic carbocycles. The molecule has 109 heavy (non-hydrogen) atoms. The molecule has 7 amide bonds. The van der Waals surface area contributed by atoms with Gasteiger partial charge < -0.3 is 146 Å². The van der Waals surface area contributed by atoms with Crippen LogP contribution < -0.4 is 37.2 Å². The van der Waals surface area contributed by atoms with Gasteiger partial charge in [-0.05, 0) is 83.5 Å². The van der Waals surface area contributed by atoms with E-state index in [4.69, 9.17) is 47.2 Å². The van der Waals surface area contributed by atoms with E-state index in [0.717, 1.165) is 7.11 Å². The number of aliphatic hydroxyl groups excluding tert-OH is 12. The molecule has 0 aliphatic carbocycles. The Morgan fingerprint density at radius 1 is 0.339 bits per heavy atom. The zero-order valence-electron chi connectivity index (χ0n) is 62.5. The van der Waals surface area contributed by atoms with Crippen molar-refractivity contribution in [2.45, 2.75) is 252 Å². The number of carbonyl (C=O) groups excluding carboxylic acids is 8. The van der Waals surface area contributed by atoms with Crippen molar-refractivity contribution < 1.29 is 161 Å². The fourth-order valence-electron chi connectivity index (χ4n) is 11.2. The number of nitrogens with one attached hydrogen (secondary N) is 7. The number of ketones is 1. The molecule has 41 heteroatoms. The second kappa shape index (κ2) is 57.3. The van der Waals surface area contributed by atoms with Crippen molar-refractivity contribution in [3.8, 4) is 0 Å². The van der Waals surface area contributed by atoms with Crippen LogP contribution in [0, 0.1) is 0 Å². The van der Waals surface area contributed by atoms with Gasteiger partial charge in [0.2, 0.25) is 41.4 Å². The zero-order valence-corrected chi connectivity index (χ0v) is 63.4. The van der Waals surface area contributed by atoms with Crippen LogP contribution in [0.4, 0.5) is 0 Å². The summed E-state index contributed by atoms with van der Waals surface area (Å²) in [4.78, 5) is 113. The van der Waals surface area contributed by atoms with Gasteiger partial charge in [-0.1, -0.05) is 12.8 Å². The number of unbranched alkanes of at least 4 members (excludes halogenated alkanes) is 7. The van der Waals surface area contributed by atoms with Crippen LogP contribution in [0.15, 0.2) is 0 Å². The normalized spacial score (nSPS) is 25.3. The number of amides is 7. The van der Waals surface area contributed by atoms with Crippen molar-refractivity contribution in [1.29, 1.82) is 0 Å². The van der Waals surface area contributed by atoms with Gasteiger partial charge in [-0.15, -0.1) is 0 Å². The van der Waals surface area contributed by atoms with E-state index in [1.165, 1.54) is 0 Å². The van der Waals surface area contributed by atoms with E-state index >= 15 is 0 Å². The van der Waals surface area contributed by atoms with Crippen LogP contribution in [0.3, 0.4) is 0 Å².